The Morgan fingerprint density at radius 2 is 1.76 bits per heavy atom. The molecule has 5 heteroatoms. The summed E-state index contributed by atoms with van der Waals surface area (Å²) in [6, 6.07) is 11.0. The van der Waals surface area contributed by atoms with Crippen LogP contribution in [0.2, 0.25) is 10.0 Å². The summed E-state index contributed by atoms with van der Waals surface area (Å²) >= 11 is 12.0. The smallest absolute Gasteiger partial charge is 0.187 e. The molecule has 2 aromatic rings. The molecule has 0 aliphatic carbocycles. The molecule has 0 spiro atoms. The van der Waals surface area contributed by atoms with Gasteiger partial charge in [0.25, 0.3) is 0 Å². The second kappa shape index (κ2) is 6.26. The predicted molar refractivity (Wildman–Crippen MR) is 80.3 cm³/mol. The van der Waals surface area contributed by atoms with Gasteiger partial charge in [-0.05, 0) is 30.7 Å². The number of rotatable bonds is 3. The van der Waals surface area contributed by atoms with Gasteiger partial charge in [0.15, 0.2) is 5.78 Å². The summed E-state index contributed by atoms with van der Waals surface area (Å²) in [7, 11) is 0. The zero-order valence-electron chi connectivity index (χ0n) is 11.0. The quantitative estimate of drug-likeness (QED) is 0.752. The lowest BCUT2D eigenvalue weighted by molar-refractivity contribution is 0.0975. The standard InChI is InChI=1S/C16H10Cl2FNO/c1-9-4-2-5-10(15(9)19)16(21)11(8-20)14-12(17)6-3-7-13(14)18/h2-7,11H,1H3. The number of carbonyl (C=O) groups is 1. The van der Waals surface area contributed by atoms with E-state index >= 15 is 0 Å². The first-order chi connectivity index (χ1) is 9.97. The third-order valence-electron chi connectivity index (χ3n) is 3.14. The molecule has 21 heavy (non-hydrogen) atoms. The van der Waals surface area contributed by atoms with Crippen molar-refractivity contribution in [2.24, 2.45) is 0 Å². The maximum absolute atomic E-state index is 14.1. The van der Waals surface area contributed by atoms with E-state index in [0.29, 0.717) is 5.56 Å². The van der Waals surface area contributed by atoms with Gasteiger partial charge in [-0.25, -0.2) is 4.39 Å². The summed E-state index contributed by atoms with van der Waals surface area (Å²) in [5, 5.41) is 9.72. The van der Waals surface area contributed by atoms with Crippen molar-refractivity contribution in [3.63, 3.8) is 0 Å². The Morgan fingerprint density at radius 3 is 2.33 bits per heavy atom. The van der Waals surface area contributed by atoms with Crippen LogP contribution < -0.4 is 0 Å². The van der Waals surface area contributed by atoms with Gasteiger partial charge in [-0.1, -0.05) is 41.4 Å². The number of Topliss-reactive ketones (excluding diaryl/α,β-unsaturated/α-hetero) is 1. The molecule has 0 aliphatic rings. The van der Waals surface area contributed by atoms with Crippen LogP contribution in [0.15, 0.2) is 36.4 Å². The van der Waals surface area contributed by atoms with E-state index in [4.69, 9.17) is 23.2 Å². The molecule has 2 aromatic carbocycles. The third-order valence-corrected chi connectivity index (χ3v) is 3.80. The summed E-state index contributed by atoms with van der Waals surface area (Å²) in [4.78, 5) is 12.5. The second-order valence-corrected chi connectivity index (χ2v) is 5.31. The van der Waals surface area contributed by atoms with Crippen LogP contribution in [0.25, 0.3) is 0 Å². The van der Waals surface area contributed by atoms with Crippen LogP contribution in [0.1, 0.15) is 27.4 Å². The molecule has 1 atom stereocenters. The molecule has 2 rings (SSSR count). The number of hydrogen-bond acceptors (Lipinski definition) is 2. The Labute approximate surface area is 131 Å². The molecule has 0 heterocycles. The van der Waals surface area contributed by atoms with Crippen molar-refractivity contribution in [1.29, 1.82) is 5.26 Å². The minimum absolute atomic E-state index is 0.141. The molecule has 0 N–H and O–H groups in total. The number of benzene rings is 2. The Hall–Kier alpha value is -1.89. The van der Waals surface area contributed by atoms with E-state index in [1.165, 1.54) is 18.2 Å². The van der Waals surface area contributed by atoms with Crippen LogP contribution in [0, 0.1) is 24.1 Å². The maximum atomic E-state index is 14.1. The van der Waals surface area contributed by atoms with Crippen molar-refractivity contribution in [2.75, 3.05) is 0 Å². The van der Waals surface area contributed by atoms with Crippen LogP contribution in [-0.2, 0) is 0 Å². The zero-order chi connectivity index (χ0) is 15.6. The van der Waals surface area contributed by atoms with Crippen molar-refractivity contribution < 1.29 is 9.18 Å². The summed E-state index contributed by atoms with van der Waals surface area (Å²) in [5.41, 5.74) is 0.398. The lowest BCUT2D eigenvalue weighted by Gasteiger charge is -2.13. The van der Waals surface area contributed by atoms with Crippen LogP contribution >= 0.6 is 23.2 Å². The van der Waals surface area contributed by atoms with Crippen molar-refractivity contribution in [2.45, 2.75) is 12.8 Å². The van der Waals surface area contributed by atoms with E-state index in [-0.39, 0.29) is 21.2 Å². The average Bonchev–Trinajstić information content (AvgIpc) is 2.45. The van der Waals surface area contributed by atoms with Gasteiger partial charge in [-0.15, -0.1) is 0 Å². The molecule has 0 amide bonds. The maximum Gasteiger partial charge on any atom is 0.187 e. The fourth-order valence-electron chi connectivity index (χ4n) is 2.03. The van der Waals surface area contributed by atoms with Gasteiger partial charge < -0.3 is 0 Å². The second-order valence-electron chi connectivity index (χ2n) is 4.50. The van der Waals surface area contributed by atoms with Crippen molar-refractivity contribution in [1.82, 2.24) is 0 Å². The molecule has 0 saturated heterocycles. The fourth-order valence-corrected chi connectivity index (χ4v) is 2.65. The molecule has 0 aliphatic heterocycles. The van der Waals surface area contributed by atoms with Gasteiger partial charge in [0.05, 0.1) is 11.6 Å². The Balaban J connectivity index is 2.55. The first kappa shape index (κ1) is 15.5. The highest BCUT2D eigenvalue weighted by atomic mass is 35.5. The molecular weight excluding hydrogens is 312 g/mol. The monoisotopic (exact) mass is 321 g/mol. The topological polar surface area (TPSA) is 40.9 Å². The van der Waals surface area contributed by atoms with Gasteiger partial charge in [-0.3, -0.25) is 4.79 Å². The van der Waals surface area contributed by atoms with Gasteiger partial charge in [0.2, 0.25) is 0 Å². The summed E-state index contributed by atoms with van der Waals surface area (Å²) in [6.07, 6.45) is 0. The molecule has 1 unspecified atom stereocenters. The minimum Gasteiger partial charge on any atom is -0.292 e. The summed E-state index contributed by atoms with van der Waals surface area (Å²) in [5.74, 6) is -2.54. The van der Waals surface area contributed by atoms with Gasteiger partial charge in [0, 0.05) is 15.6 Å². The van der Waals surface area contributed by atoms with E-state index < -0.39 is 17.5 Å². The number of nitriles is 1. The molecular formula is C16H10Cl2FNO. The average molecular weight is 322 g/mol. The van der Waals surface area contributed by atoms with E-state index in [9.17, 15) is 14.4 Å². The Kier molecular flexibility index (Phi) is 4.62. The number of hydrogen-bond donors (Lipinski definition) is 0. The van der Waals surface area contributed by atoms with Crippen molar-refractivity contribution >= 4 is 29.0 Å². The Bertz CT molecular complexity index is 732. The SMILES string of the molecule is Cc1cccc(C(=O)C(C#N)c2c(Cl)cccc2Cl)c1F. The van der Waals surface area contributed by atoms with Crippen LogP contribution in [0.3, 0.4) is 0 Å². The lowest BCUT2D eigenvalue weighted by atomic mass is 9.91. The van der Waals surface area contributed by atoms with Gasteiger partial charge in [-0.2, -0.15) is 5.26 Å². The van der Waals surface area contributed by atoms with E-state index in [1.54, 1.807) is 25.1 Å². The Morgan fingerprint density at radius 1 is 1.19 bits per heavy atom. The van der Waals surface area contributed by atoms with Crippen LogP contribution in [0.5, 0.6) is 0 Å². The summed E-state index contributed by atoms with van der Waals surface area (Å²) < 4.78 is 14.1. The third kappa shape index (κ3) is 2.92. The normalized spacial score (nSPS) is 11.8. The van der Waals surface area contributed by atoms with Crippen LogP contribution in [-0.4, -0.2) is 5.78 Å². The van der Waals surface area contributed by atoms with Gasteiger partial charge in [0.1, 0.15) is 11.7 Å². The predicted octanol–water partition coefficient (Wildman–Crippen LogP) is 4.93. The molecule has 2 nitrogen and oxygen atoms in total. The highest BCUT2D eigenvalue weighted by Crippen LogP contribution is 2.33. The molecule has 0 radical (unpaired) electrons. The number of ketones is 1. The highest BCUT2D eigenvalue weighted by molar-refractivity contribution is 6.36. The highest BCUT2D eigenvalue weighted by Gasteiger charge is 2.28. The molecule has 0 saturated carbocycles. The molecule has 0 fully saturated rings. The zero-order valence-corrected chi connectivity index (χ0v) is 12.5. The number of aryl methyl sites for hydroxylation is 1. The first-order valence-corrected chi connectivity index (χ1v) is 6.85. The fraction of sp³-hybridized carbons (Fsp3) is 0.125. The molecule has 0 aromatic heterocycles. The molecule has 0 bridgehead atoms. The number of halogens is 3. The van der Waals surface area contributed by atoms with Gasteiger partial charge >= 0.3 is 0 Å². The first-order valence-electron chi connectivity index (χ1n) is 6.10. The van der Waals surface area contributed by atoms with Crippen LogP contribution in [0.4, 0.5) is 4.39 Å². The van der Waals surface area contributed by atoms with Crippen molar-refractivity contribution in [3.05, 3.63) is 69.0 Å². The lowest BCUT2D eigenvalue weighted by Crippen LogP contribution is -2.14. The van der Waals surface area contributed by atoms with E-state index in [0.717, 1.165) is 0 Å². The number of carbonyl (C=O) groups excluding carboxylic acids is 1. The summed E-state index contributed by atoms with van der Waals surface area (Å²) in [6.45, 7) is 1.55. The molecule has 106 valence electrons. The van der Waals surface area contributed by atoms with E-state index in [1.807, 2.05) is 6.07 Å². The van der Waals surface area contributed by atoms with E-state index in [2.05, 4.69) is 0 Å². The van der Waals surface area contributed by atoms with Crippen molar-refractivity contribution in [3.8, 4) is 6.07 Å². The minimum atomic E-state index is -1.25. The largest absolute Gasteiger partial charge is 0.292 e. The number of nitrogens with zero attached hydrogens (tertiary/aromatic N) is 1.